The monoisotopic (exact) mass is 334 g/mol. The highest BCUT2D eigenvalue weighted by atomic mass is 16.2. The van der Waals surface area contributed by atoms with E-state index in [1.807, 2.05) is 54.3 Å². The number of anilines is 1. The van der Waals surface area contributed by atoms with Crippen molar-refractivity contribution in [1.82, 2.24) is 5.32 Å². The first-order chi connectivity index (χ1) is 12.1. The number of aryl methyl sites for hydroxylation is 1. The molecule has 2 aliphatic rings. The van der Waals surface area contributed by atoms with E-state index in [0.717, 1.165) is 42.6 Å². The first-order valence-corrected chi connectivity index (χ1v) is 8.90. The average molecular weight is 334 g/mol. The molecule has 128 valence electrons. The highest BCUT2D eigenvalue weighted by Gasteiger charge is 2.36. The van der Waals surface area contributed by atoms with Crippen LogP contribution in [0.15, 0.2) is 42.5 Å². The summed E-state index contributed by atoms with van der Waals surface area (Å²) in [5.74, 6) is 0.400. The quantitative estimate of drug-likeness (QED) is 0.933. The van der Waals surface area contributed by atoms with Gasteiger partial charge in [-0.25, -0.2) is 0 Å². The van der Waals surface area contributed by atoms with E-state index in [2.05, 4.69) is 5.32 Å². The van der Waals surface area contributed by atoms with Crippen LogP contribution in [0.2, 0.25) is 0 Å². The fourth-order valence-corrected chi connectivity index (χ4v) is 3.41. The largest absolute Gasteiger partial charge is 0.348 e. The fourth-order valence-electron chi connectivity index (χ4n) is 3.41. The van der Waals surface area contributed by atoms with Gasteiger partial charge in [0.15, 0.2) is 0 Å². The summed E-state index contributed by atoms with van der Waals surface area (Å²) in [6.07, 6.45) is 2.86. The number of nitrogens with one attached hydrogen (secondary N) is 1. The van der Waals surface area contributed by atoms with Crippen molar-refractivity contribution in [3.8, 4) is 0 Å². The van der Waals surface area contributed by atoms with Gasteiger partial charge in [-0.1, -0.05) is 24.3 Å². The minimum absolute atomic E-state index is 0.0713. The van der Waals surface area contributed by atoms with Crippen LogP contribution < -0.4 is 10.2 Å². The van der Waals surface area contributed by atoms with Gasteiger partial charge < -0.3 is 10.2 Å². The summed E-state index contributed by atoms with van der Waals surface area (Å²) >= 11 is 0. The van der Waals surface area contributed by atoms with Crippen LogP contribution in [0.25, 0.3) is 0 Å². The maximum atomic E-state index is 12.5. The van der Waals surface area contributed by atoms with E-state index in [4.69, 9.17) is 0 Å². The molecule has 2 aromatic carbocycles. The molecule has 1 fully saturated rings. The van der Waals surface area contributed by atoms with E-state index in [9.17, 15) is 9.59 Å². The lowest BCUT2D eigenvalue weighted by atomic mass is 10.1. The molecule has 4 rings (SSSR count). The van der Waals surface area contributed by atoms with Crippen LogP contribution >= 0.6 is 0 Å². The van der Waals surface area contributed by atoms with E-state index in [1.165, 1.54) is 5.56 Å². The molecule has 0 aromatic heterocycles. The number of carbonyl (C=O) groups is 2. The zero-order valence-electron chi connectivity index (χ0n) is 14.4. The average Bonchev–Trinajstić information content (AvgIpc) is 3.39. The van der Waals surface area contributed by atoms with Crippen molar-refractivity contribution in [1.29, 1.82) is 0 Å². The van der Waals surface area contributed by atoms with Crippen molar-refractivity contribution in [2.24, 2.45) is 5.92 Å². The number of nitrogens with zero attached hydrogens (tertiary/aromatic N) is 1. The van der Waals surface area contributed by atoms with Gasteiger partial charge >= 0.3 is 0 Å². The molecule has 25 heavy (non-hydrogen) atoms. The molecule has 1 N–H and O–H groups in total. The van der Waals surface area contributed by atoms with Gasteiger partial charge in [0, 0.05) is 30.3 Å². The lowest BCUT2D eigenvalue weighted by Crippen LogP contribution is -2.30. The molecule has 1 heterocycles. The van der Waals surface area contributed by atoms with Gasteiger partial charge in [-0.05, 0) is 61.1 Å². The SMILES string of the molecule is Cc1ccccc1CNC(=O)c1ccc2c(c1)CCN2C(=O)C1CC1. The van der Waals surface area contributed by atoms with E-state index in [0.29, 0.717) is 12.1 Å². The maximum Gasteiger partial charge on any atom is 0.251 e. The van der Waals surface area contributed by atoms with Crippen molar-refractivity contribution in [2.45, 2.75) is 32.7 Å². The van der Waals surface area contributed by atoms with E-state index in [1.54, 1.807) is 0 Å². The van der Waals surface area contributed by atoms with Gasteiger partial charge in [-0.3, -0.25) is 9.59 Å². The minimum Gasteiger partial charge on any atom is -0.348 e. The Morgan fingerprint density at radius 1 is 1.16 bits per heavy atom. The molecular weight excluding hydrogens is 312 g/mol. The molecule has 0 unspecified atom stereocenters. The van der Waals surface area contributed by atoms with Crippen molar-refractivity contribution in [3.63, 3.8) is 0 Å². The van der Waals surface area contributed by atoms with Gasteiger partial charge in [0.25, 0.3) is 5.91 Å². The molecule has 0 saturated heterocycles. The summed E-state index contributed by atoms with van der Waals surface area (Å²) in [5, 5.41) is 2.99. The summed E-state index contributed by atoms with van der Waals surface area (Å²) < 4.78 is 0. The Labute approximate surface area is 147 Å². The topological polar surface area (TPSA) is 49.4 Å². The number of fused-ring (bicyclic) bond motifs is 1. The summed E-state index contributed by atoms with van der Waals surface area (Å²) in [5.41, 5.74) is 5.03. The second-order valence-electron chi connectivity index (χ2n) is 6.97. The van der Waals surface area contributed by atoms with Gasteiger partial charge in [0.05, 0.1) is 0 Å². The summed E-state index contributed by atoms with van der Waals surface area (Å²) in [4.78, 5) is 26.7. The zero-order valence-corrected chi connectivity index (χ0v) is 14.4. The number of hydrogen-bond donors (Lipinski definition) is 1. The Hall–Kier alpha value is -2.62. The lowest BCUT2D eigenvalue weighted by Gasteiger charge is -2.17. The van der Waals surface area contributed by atoms with Crippen LogP contribution in [0, 0.1) is 12.8 Å². The van der Waals surface area contributed by atoms with Gasteiger partial charge in [0.1, 0.15) is 0 Å². The van der Waals surface area contributed by atoms with Gasteiger partial charge in [0.2, 0.25) is 5.91 Å². The molecule has 4 nitrogen and oxygen atoms in total. The fraction of sp³-hybridized carbons (Fsp3) is 0.333. The Morgan fingerprint density at radius 3 is 2.72 bits per heavy atom. The maximum absolute atomic E-state index is 12.5. The number of rotatable bonds is 4. The summed E-state index contributed by atoms with van der Waals surface area (Å²) in [6, 6.07) is 13.7. The molecule has 1 aliphatic heterocycles. The van der Waals surface area contributed by atoms with Crippen molar-refractivity contribution >= 4 is 17.5 Å². The second-order valence-corrected chi connectivity index (χ2v) is 6.97. The normalized spacial score (nSPS) is 15.8. The van der Waals surface area contributed by atoms with Gasteiger partial charge in [-0.15, -0.1) is 0 Å². The lowest BCUT2D eigenvalue weighted by molar-refractivity contribution is -0.119. The van der Waals surface area contributed by atoms with Crippen molar-refractivity contribution < 1.29 is 9.59 Å². The first-order valence-electron chi connectivity index (χ1n) is 8.90. The molecule has 1 saturated carbocycles. The Balaban J connectivity index is 1.46. The van der Waals surface area contributed by atoms with Crippen LogP contribution in [0.1, 0.15) is 39.9 Å². The Kier molecular flexibility index (Phi) is 4.04. The second kappa shape index (κ2) is 6.36. The van der Waals surface area contributed by atoms with Gasteiger partial charge in [-0.2, -0.15) is 0 Å². The number of amides is 2. The highest BCUT2D eigenvalue weighted by molar-refractivity contribution is 6.00. The minimum atomic E-state index is -0.0713. The predicted octanol–water partition coefficient (Wildman–Crippen LogP) is 3.22. The molecule has 4 heteroatoms. The van der Waals surface area contributed by atoms with Crippen LogP contribution in [0.3, 0.4) is 0 Å². The number of carbonyl (C=O) groups excluding carboxylic acids is 2. The third-order valence-electron chi connectivity index (χ3n) is 5.13. The van der Waals surface area contributed by atoms with E-state index in [-0.39, 0.29) is 17.7 Å². The molecule has 1 aliphatic carbocycles. The van der Waals surface area contributed by atoms with Crippen molar-refractivity contribution in [2.75, 3.05) is 11.4 Å². The summed E-state index contributed by atoms with van der Waals surface area (Å²) in [7, 11) is 0. The van der Waals surface area contributed by atoms with E-state index < -0.39 is 0 Å². The number of benzene rings is 2. The predicted molar refractivity (Wildman–Crippen MR) is 97.6 cm³/mol. The molecule has 0 radical (unpaired) electrons. The van der Waals surface area contributed by atoms with Crippen LogP contribution in [-0.2, 0) is 17.8 Å². The van der Waals surface area contributed by atoms with Crippen LogP contribution in [0.5, 0.6) is 0 Å². The molecular formula is C21H22N2O2. The standard InChI is InChI=1S/C21H22N2O2/c1-14-4-2-3-5-18(14)13-22-20(24)17-8-9-19-16(12-17)10-11-23(19)21(25)15-6-7-15/h2-5,8-9,12,15H,6-7,10-11,13H2,1H3,(H,22,24). The molecule has 0 spiro atoms. The first kappa shape index (κ1) is 15.9. The Bertz CT molecular complexity index is 840. The molecule has 2 aromatic rings. The summed E-state index contributed by atoms with van der Waals surface area (Å²) in [6.45, 7) is 3.30. The third kappa shape index (κ3) is 3.16. The molecule has 0 bridgehead atoms. The van der Waals surface area contributed by atoms with Crippen molar-refractivity contribution in [3.05, 3.63) is 64.7 Å². The zero-order chi connectivity index (χ0) is 17.4. The molecule has 2 amide bonds. The smallest absolute Gasteiger partial charge is 0.251 e. The molecule has 0 atom stereocenters. The number of hydrogen-bond acceptors (Lipinski definition) is 2. The van der Waals surface area contributed by atoms with Crippen LogP contribution in [0.4, 0.5) is 5.69 Å². The Morgan fingerprint density at radius 2 is 1.96 bits per heavy atom. The third-order valence-corrected chi connectivity index (χ3v) is 5.13. The van der Waals surface area contributed by atoms with E-state index >= 15 is 0 Å². The highest BCUT2D eigenvalue weighted by Crippen LogP contribution is 2.36. The van der Waals surface area contributed by atoms with Crippen LogP contribution in [-0.4, -0.2) is 18.4 Å².